The van der Waals surface area contributed by atoms with E-state index in [0.717, 1.165) is 37.3 Å². The SMILES string of the molecule is CCCNc1cc(C2CC2)nc2ccc(OCCC)cc12. The molecule has 21 heavy (non-hydrogen) atoms. The number of ether oxygens (including phenoxy) is 1. The number of hydrogen-bond acceptors (Lipinski definition) is 3. The van der Waals surface area contributed by atoms with E-state index in [0.29, 0.717) is 5.92 Å². The summed E-state index contributed by atoms with van der Waals surface area (Å²) in [5.41, 5.74) is 3.51. The predicted octanol–water partition coefficient (Wildman–Crippen LogP) is 4.72. The van der Waals surface area contributed by atoms with Gasteiger partial charge in [-0.2, -0.15) is 0 Å². The van der Waals surface area contributed by atoms with E-state index in [9.17, 15) is 0 Å². The molecule has 0 spiro atoms. The summed E-state index contributed by atoms with van der Waals surface area (Å²) in [5, 5.41) is 4.72. The molecule has 1 N–H and O–H groups in total. The number of nitrogens with one attached hydrogen (secondary N) is 1. The minimum atomic E-state index is 0.674. The number of hydrogen-bond donors (Lipinski definition) is 1. The molecule has 3 rings (SSSR count). The van der Waals surface area contributed by atoms with Gasteiger partial charge < -0.3 is 10.1 Å². The third kappa shape index (κ3) is 3.29. The van der Waals surface area contributed by atoms with Crippen LogP contribution in [-0.2, 0) is 0 Å². The Bertz CT molecular complexity index is 620. The summed E-state index contributed by atoms with van der Waals surface area (Å²) >= 11 is 0. The zero-order valence-corrected chi connectivity index (χ0v) is 13.0. The van der Waals surface area contributed by atoms with Gasteiger partial charge in [0.05, 0.1) is 12.1 Å². The number of rotatable bonds is 7. The van der Waals surface area contributed by atoms with Crippen molar-refractivity contribution in [1.29, 1.82) is 0 Å². The molecule has 2 aromatic rings. The lowest BCUT2D eigenvalue weighted by Gasteiger charge is -2.13. The average molecular weight is 284 g/mol. The number of pyridine rings is 1. The van der Waals surface area contributed by atoms with E-state index in [1.54, 1.807) is 0 Å². The molecule has 0 amide bonds. The van der Waals surface area contributed by atoms with E-state index in [2.05, 4.69) is 37.4 Å². The molecule has 3 heteroatoms. The van der Waals surface area contributed by atoms with Crippen molar-refractivity contribution in [1.82, 2.24) is 4.98 Å². The van der Waals surface area contributed by atoms with Crippen LogP contribution in [0, 0.1) is 0 Å². The maximum atomic E-state index is 5.76. The van der Waals surface area contributed by atoms with Crippen LogP contribution in [0.25, 0.3) is 10.9 Å². The van der Waals surface area contributed by atoms with Crippen molar-refractivity contribution < 1.29 is 4.74 Å². The second-order valence-corrected chi connectivity index (χ2v) is 5.82. The standard InChI is InChI=1S/C18H24N2O/c1-3-9-19-18-12-17(13-5-6-13)20-16-8-7-14(11-15(16)18)21-10-4-2/h7-8,11-13H,3-6,9-10H2,1-2H3,(H,19,20). The number of nitrogens with zero attached hydrogens (tertiary/aromatic N) is 1. The van der Waals surface area contributed by atoms with Crippen LogP contribution in [0.4, 0.5) is 5.69 Å². The summed E-state index contributed by atoms with van der Waals surface area (Å²) in [7, 11) is 0. The summed E-state index contributed by atoms with van der Waals surface area (Å²) in [6.45, 7) is 6.06. The molecule has 0 radical (unpaired) electrons. The number of benzene rings is 1. The summed E-state index contributed by atoms with van der Waals surface area (Å²) in [6, 6.07) is 8.47. The van der Waals surface area contributed by atoms with Gasteiger partial charge in [-0.25, -0.2) is 0 Å². The van der Waals surface area contributed by atoms with Gasteiger partial charge >= 0.3 is 0 Å². The Kier molecular flexibility index (Phi) is 4.28. The van der Waals surface area contributed by atoms with E-state index in [1.807, 2.05) is 6.07 Å². The van der Waals surface area contributed by atoms with E-state index in [4.69, 9.17) is 9.72 Å². The van der Waals surface area contributed by atoms with E-state index in [1.165, 1.54) is 29.6 Å². The van der Waals surface area contributed by atoms with Gasteiger partial charge in [-0.05, 0) is 49.9 Å². The lowest BCUT2D eigenvalue weighted by molar-refractivity contribution is 0.318. The first kappa shape index (κ1) is 14.2. The Hall–Kier alpha value is -1.77. The van der Waals surface area contributed by atoms with Crippen LogP contribution < -0.4 is 10.1 Å². The molecule has 0 atom stereocenters. The molecule has 1 aliphatic carbocycles. The number of fused-ring (bicyclic) bond motifs is 1. The van der Waals surface area contributed by atoms with Gasteiger partial charge in [-0.3, -0.25) is 4.98 Å². The van der Waals surface area contributed by atoms with Crippen LogP contribution >= 0.6 is 0 Å². The quantitative estimate of drug-likeness (QED) is 0.798. The molecule has 0 aliphatic heterocycles. The Morgan fingerprint density at radius 3 is 2.76 bits per heavy atom. The van der Waals surface area contributed by atoms with E-state index < -0.39 is 0 Å². The highest BCUT2D eigenvalue weighted by Crippen LogP contribution is 2.41. The van der Waals surface area contributed by atoms with E-state index >= 15 is 0 Å². The number of anilines is 1. The van der Waals surface area contributed by atoms with Crippen molar-refractivity contribution in [3.05, 3.63) is 30.0 Å². The molecular weight excluding hydrogens is 260 g/mol. The summed E-state index contributed by atoms with van der Waals surface area (Å²) < 4.78 is 5.76. The normalized spacial score (nSPS) is 14.4. The molecule has 1 fully saturated rings. The van der Waals surface area contributed by atoms with Gasteiger partial charge in [0.25, 0.3) is 0 Å². The molecule has 3 nitrogen and oxygen atoms in total. The summed E-state index contributed by atoms with van der Waals surface area (Å²) in [5.74, 6) is 1.61. The molecule has 112 valence electrons. The largest absolute Gasteiger partial charge is 0.494 e. The van der Waals surface area contributed by atoms with Crippen LogP contribution in [-0.4, -0.2) is 18.1 Å². The molecule has 0 saturated heterocycles. The Balaban J connectivity index is 1.98. The summed E-state index contributed by atoms with van der Waals surface area (Å²) in [6.07, 6.45) is 4.71. The minimum absolute atomic E-state index is 0.674. The van der Waals surface area contributed by atoms with Crippen molar-refractivity contribution >= 4 is 16.6 Å². The van der Waals surface area contributed by atoms with Crippen molar-refractivity contribution in [3.63, 3.8) is 0 Å². The highest BCUT2D eigenvalue weighted by Gasteiger charge is 2.26. The van der Waals surface area contributed by atoms with Gasteiger partial charge in [-0.1, -0.05) is 13.8 Å². The predicted molar refractivity (Wildman–Crippen MR) is 88.3 cm³/mol. The van der Waals surface area contributed by atoms with Crippen molar-refractivity contribution in [3.8, 4) is 5.75 Å². The first-order chi connectivity index (χ1) is 10.3. The lowest BCUT2D eigenvalue weighted by atomic mass is 10.1. The lowest BCUT2D eigenvalue weighted by Crippen LogP contribution is -2.03. The first-order valence-electron chi connectivity index (χ1n) is 8.13. The zero-order chi connectivity index (χ0) is 14.7. The Morgan fingerprint density at radius 1 is 1.19 bits per heavy atom. The highest BCUT2D eigenvalue weighted by molar-refractivity contribution is 5.92. The minimum Gasteiger partial charge on any atom is -0.494 e. The van der Waals surface area contributed by atoms with E-state index in [-0.39, 0.29) is 0 Å². The second kappa shape index (κ2) is 6.33. The fourth-order valence-corrected chi connectivity index (χ4v) is 2.53. The molecule has 0 unspecified atom stereocenters. The Morgan fingerprint density at radius 2 is 2.05 bits per heavy atom. The van der Waals surface area contributed by atoms with Gasteiger partial charge in [0.15, 0.2) is 0 Å². The van der Waals surface area contributed by atoms with Crippen LogP contribution in [0.15, 0.2) is 24.3 Å². The van der Waals surface area contributed by atoms with Gasteiger partial charge in [0, 0.05) is 29.2 Å². The fraction of sp³-hybridized carbons (Fsp3) is 0.500. The Labute approximate surface area is 126 Å². The monoisotopic (exact) mass is 284 g/mol. The smallest absolute Gasteiger partial charge is 0.120 e. The number of aromatic nitrogens is 1. The highest BCUT2D eigenvalue weighted by atomic mass is 16.5. The first-order valence-corrected chi connectivity index (χ1v) is 8.13. The van der Waals surface area contributed by atoms with Crippen LogP contribution in [0.5, 0.6) is 5.75 Å². The van der Waals surface area contributed by atoms with Crippen molar-refractivity contribution in [2.24, 2.45) is 0 Å². The van der Waals surface area contributed by atoms with Gasteiger partial charge in [0.1, 0.15) is 5.75 Å². The van der Waals surface area contributed by atoms with Gasteiger partial charge in [0.2, 0.25) is 0 Å². The topological polar surface area (TPSA) is 34.2 Å². The zero-order valence-electron chi connectivity index (χ0n) is 13.0. The summed E-state index contributed by atoms with van der Waals surface area (Å²) in [4.78, 5) is 4.83. The molecule has 1 heterocycles. The molecule has 1 aliphatic rings. The molecule has 1 aromatic carbocycles. The van der Waals surface area contributed by atoms with Crippen LogP contribution in [0.3, 0.4) is 0 Å². The molecule has 1 aromatic heterocycles. The van der Waals surface area contributed by atoms with Crippen molar-refractivity contribution in [2.45, 2.75) is 45.4 Å². The third-order valence-electron chi connectivity index (χ3n) is 3.83. The molecule has 0 bridgehead atoms. The second-order valence-electron chi connectivity index (χ2n) is 5.82. The average Bonchev–Trinajstić information content (AvgIpc) is 3.35. The van der Waals surface area contributed by atoms with Gasteiger partial charge in [-0.15, -0.1) is 0 Å². The maximum Gasteiger partial charge on any atom is 0.120 e. The van der Waals surface area contributed by atoms with Crippen molar-refractivity contribution in [2.75, 3.05) is 18.5 Å². The van der Waals surface area contributed by atoms with Crippen LogP contribution in [0.1, 0.15) is 51.1 Å². The fourth-order valence-electron chi connectivity index (χ4n) is 2.53. The maximum absolute atomic E-state index is 5.76. The molecular formula is C18H24N2O. The molecule has 1 saturated carbocycles. The third-order valence-corrected chi connectivity index (χ3v) is 3.83. The van der Waals surface area contributed by atoms with Crippen LogP contribution in [0.2, 0.25) is 0 Å².